The number of benzene rings is 3. The Labute approximate surface area is 212 Å². The maximum Gasteiger partial charge on any atom is 0.344 e. The number of nitrogens with zero attached hydrogens (tertiary/aromatic N) is 4. The third kappa shape index (κ3) is 2.91. The van der Waals surface area contributed by atoms with Crippen molar-refractivity contribution in [2.75, 3.05) is 6.79 Å². The number of aromatic nitrogens is 4. The smallest absolute Gasteiger partial charge is 0.344 e. The van der Waals surface area contributed by atoms with Crippen molar-refractivity contribution in [3.63, 3.8) is 0 Å². The van der Waals surface area contributed by atoms with Gasteiger partial charge in [-0.15, -0.1) is 5.10 Å². The summed E-state index contributed by atoms with van der Waals surface area (Å²) in [6.07, 6.45) is 1.48. The van der Waals surface area contributed by atoms with Crippen molar-refractivity contribution >= 4 is 16.6 Å². The zero-order valence-corrected chi connectivity index (χ0v) is 19.4. The molecule has 0 aliphatic carbocycles. The molecule has 8 rings (SSSR count). The summed E-state index contributed by atoms with van der Waals surface area (Å²) >= 11 is 0. The van der Waals surface area contributed by atoms with Crippen LogP contribution in [0.3, 0.4) is 0 Å². The Morgan fingerprint density at radius 3 is 2.71 bits per heavy atom. The Kier molecular flexibility index (Phi) is 4.19. The molecule has 184 valence electrons. The first-order chi connectivity index (χ1) is 18.7. The van der Waals surface area contributed by atoms with Gasteiger partial charge >= 0.3 is 5.63 Å². The minimum atomic E-state index is -0.902. The topological polar surface area (TPSA) is 101 Å². The molecule has 1 unspecified atom stereocenters. The summed E-state index contributed by atoms with van der Waals surface area (Å²) in [5.74, 6) is 0.723. The summed E-state index contributed by atoms with van der Waals surface area (Å²) in [6.45, 7) is 0.146. The fourth-order valence-corrected chi connectivity index (χ4v) is 5.11. The van der Waals surface area contributed by atoms with Gasteiger partial charge in [0, 0.05) is 11.1 Å². The average molecular weight is 506 g/mol. The van der Waals surface area contributed by atoms with Crippen LogP contribution in [-0.2, 0) is 0 Å². The SMILES string of the molecule is O=c1oc2ccccc2c2c1C(c1ccccc1F)c1c(ncn3nc(-c4ccc5c(c4)OCO5)nc13)O2. The summed E-state index contributed by atoms with van der Waals surface area (Å²) in [6, 6.07) is 18.7. The van der Waals surface area contributed by atoms with E-state index >= 15 is 4.39 Å². The Bertz CT molecular complexity index is 2000. The van der Waals surface area contributed by atoms with E-state index in [-0.39, 0.29) is 29.5 Å². The molecular weight excluding hydrogens is 491 g/mol. The van der Waals surface area contributed by atoms with E-state index in [1.54, 1.807) is 48.5 Å². The first-order valence-electron chi connectivity index (χ1n) is 11.8. The predicted molar refractivity (Wildman–Crippen MR) is 132 cm³/mol. The van der Waals surface area contributed by atoms with Gasteiger partial charge in [-0.3, -0.25) is 0 Å². The second-order valence-electron chi connectivity index (χ2n) is 8.92. The van der Waals surface area contributed by atoms with Crippen LogP contribution < -0.4 is 19.8 Å². The van der Waals surface area contributed by atoms with E-state index < -0.39 is 17.4 Å². The van der Waals surface area contributed by atoms with Crippen molar-refractivity contribution in [1.29, 1.82) is 0 Å². The first-order valence-corrected chi connectivity index (χ1v) is 11.8. The number of hydrogen-bond donors (Lipinski definition) is 0. The van der Waals surface area contributed by atoms with E-state index in [9.17, 15) is 4.79 Å². The number of rotatable bonds is 2. The van der Waals surface area contributed by atoms with Crippen LogP contribution in [0.15, 0.2) is 82.3 Å². The van der Waals surface area contributed by atoms with Crippen molar-refractivity contribution in [3.8, 4) is 34.5 Å². The molecule has 0 amide bonds. The van der Waals surface area contributed by atoms with Crippen molar-refractivity contribution in [2.45, 2.75) is 5.92 Å². The van der Waals surface area contributed by atoms with Gasteiger partial charge in [0.15, 0.2) is 28.7 Å². The Morgan fingerprint density at radius 2 is 1.79 bits per heavy atom. The Morgan fingerprint density at radius 1 is 0.947 bits per heavy atom. The van der Waals surface area contributed by atoms with Crippen molar-refractivity contribution in [3.05, 3.63) is 106 Å². The molecule has 6 aromatic rings. The maximum atomic E-state index is 15.3. The quantitative estimate of drug-likeness (QED) is 0.300. The highest BCUT2D eigenvalue weighted by atomic mass is 19.1. The molecule has 0 saturated heterocycles. The fraction of sp³-hybridized carbons (Fsp3) is 0.0714. The van der Waals surface area contributed by atoms with Gasteiger partial charge < -0.3 is 18.6 Å². The zero-order valence-electron chi connectivity index (χ0n) is 19.4. The van der Waals surface area contributed by atoms with Crippen molar-refractivity contribution < 1.29 is 23.0 Å². The van der Waals surface area contributed by atoms with Crippen LogP contribution in [0.25, 0.3) is 28.0 Å². The van der Waals surface area contributed by atoms with E-state index in [2.05, 4.69) is 10.1 Å². The molecule has 2 aliphatic rings. The summed E-state index contributed by atoms with van der Waals surface area (Å²) < 4.78 is 39.6. The molecule has 3 aromatic heterocycles. The number of fused-ring (bicyclic) bond motifs is 7. The van der Waals surface area contributed by atoms with E-state index in [1.807, 2.05) is 12.1 Å². The minimum absolute atomic E-state index is 0.146. The Hall–Kier alpha value is -5.25. The fourth-order valence-electron chi connectivity index (χ4n) is 5.11. The van der Waals surface area contributed by atoms with Gasteiger partial charge in [-0.25, -0.2) is 23.7 Å². The van der Waals surface area contributed by atoms with Crippen molar-refractivity contribution in [1.82, 2.24) is 19.6 Å². The molecule has 9 nitrogen and oxygen atoms in total. The molecule has 2 aliphatic heterocycles. The Balaban J connectivity index is 1.41. The maximum absolute atomic E-state index is 15.3. The molecule has 0 radical (unpaired) electrons. The second kappa shape index (κ2) is 7.62. The van der Waals surface area contributed by atoms with E-state index in [0.29, 0.717) is 45.1 Å². The van der Waals surface area contributed by atoms with Gasteiger partial charge in [0.2, 0.25) is 12.7 Å². The standard InChI is InChI=1S/C28H15FN4O5/c29-17-7-3-1-5-15(17)21-22-24(16-6-2-4-8-18(16)37-28(22)34)38-27-23(21)26-31-25(32-33(26)12-30-27)14-9-10-19-20(11-14)36-13-35-19/h1-12,21H,13H2. The number of halogens is 1. The molecule has 0 N–H and O–H groups in total. The normalized spacial score (nSPS) is 15.3. The highest BCUT2D eigenvalue weighted by Gasteiger charge is 2.38. The number of ether oxygens (including phenoxy) is 3. The monoisotopic (exact) mass is 506 g/mol. The van der Waals surface area contributed by atoms with Crippen LogP contribution in [-0.4, -0.2) is 26.4 Å². The van der Waals surface area contributed by atoms with Gasteiger partial charge in [0.25, 0.3) is 0 Å². The van der Waals surface area contributed by atoms with E-state index in [1.165, 1.54) is 16.9 Å². The molecule has 0 saturated carbocycles. The zero-order chi connectivity index (χ0) is 25.4. The highest BCUT2D eigenvalue weighted by Crippen LogP contribution is 2.49. The van der Waals surface area contributed by atoms with Crippen LogP contribution >= 0.6 is 0 Å². The molecular formula is C28H15FN4O5. The van der Waals surface area contributed by atoms with Crippen LogP contribution in [0, 0.1) is 5.82 Å². The molecule has 0 spiro atoms. The van der Waals surface area contributed by atoms with Crippen LogP contribution in [0.5, 0.6) is 23.1 Å². The molecule has 0 bridgehead atoms. The van der Waals surface area contributed by atoms with E-state index in [4.69, 9.17) is 23.6 Å². The van der Waals surface area contributed by atoms with Crippen molar-refractivity contribution in [2.24, 2.45) is 0 Å². The summed E-state index contributed by atoms with van der Waals surface area (Å²) in [4.78, 5) is 22.7. The van der Waals surface area contributed by atoms with Gasteiger partial charge in [0.1, 0.15) is 17.7 Å². The summed E-state index contributed by atoms with van der Waals surface area (Å²) in [5, 5.41) is 5.17. The molecule has 10 heteroatoms. The lowest BCUT2D eigenvalue weighted by atomic mass is 9.84. The van der Waals surface area contributed by atoms with Crippen LogP contribution in [0.4, 0.5) is 4.39 Å². The largest absolute Gasteiger partial charge is 0.454 e. The molecule has 38 heavy (non-hydrogen) atoms. The third-order valence-corrected chi connectivity index (χ3v) is 6.81. The van der Waals surface area contributed by atoms with E-state index in [0.717, 1.165) is 0 Å². The van der Waals surface area contributed by atoms with Gasteiger partial charge in [-0.2, -0.15) is 0 Å². The number of hydrogen-bond acceptors (Lipinski definition) is 8. The third-order valence-electron chi connectivity index (χ3n) is 6.81. The first kappa shape index (κ1) is 20.9. The minimum Gasteiger partial charge on any atom is -0.454 e. The van der Waals surface area contributed by atoms with Gasteiger partial charge in [0.05, 0.1) is 22.4 Å². The van der Waals surface area contributed by atoms with Crippen LogP contribution in [0.2, 0.25) is 0 Å². The average Bonchev–Trinajstić information content (AvgIpc) is 3.59. The molecule has 3 aromatic carbocycles. The predicted octanol–water partition coefficient (Wildman–Crippen LogP) is 5.05. The lowest BCUT2D eigenvalue weighted by molar-refractivity contribution is 0.174. The summed E-state index contributed by atoms with van der Waals surface area (Å²) in [5.41, 5.74) is 1.64. The second-order valence-corrected chi connectivity index (χ2v) is 8.92. The lowest BCUT2D eigenvalue weighted by Gasteiger charge is -2.27. The van der Waals surface area contributed by atoms with Gasteiger partial charge in [-0.05, 0) is 36.4 Å². The summed E-state index contributed by atoms with van der Waals surface area (Å²) in [7, 11) is 0. The number of para-hydroxylation sites is 1. The molecule has 0 fully saturated rings. The molecule has 1 atom stereocenters. The van der Waals surface area contributed by atoms with Crippen LogP contribution in [0.1, 0.15) is 22.6 Å². The molecule has 5 heterocycles. The lowest BCUT2D eigenvalue weighted by Crippen LogP contribution is -2.23. The highest BCUT2D eigenvalue weighted by molar-refractivity contribution is 5.87. The van der Waals surface area contributed by atoms with Gasteiger partial charge in [-0.1, -0.05) is 30.3 Å².